The number of rotatable bonds is 4. The molecule has 2 aromatic rings. The van der Waals surface area contributed by atoms with Crippen molar-refractivity contribution in [1.29, 1.82) is 0 Å². The molecule has 0 spiro atoms. The van der Waals surface area contributed by atoms with Gasteiger partial charge in [-0.15, -0.1) is 11.3 Å². The van der Waals surface area contributed by atoms with E-state index in [2.05, 4.69) is 27.5 Å². The summed E-state index contributed by atoms with van der Waals surface area (Å²) in [6, 6.07) is 1.45. The Hall–Kier alpha value is -1.89. The second-order valence-corrected chi connectivity index (χ2v) is 5.00. The van der Waals surface area contributed by atoms with E-state index in [1.165, 1.54) is 17.5 Å². The predicted molar refractivity (Wildman–Crippen MR) is 82.8 cm³/mol. The summed E-state index contributed by atoms with van der Waals surface area (Å²) in [5, 5.41) is 8.15. The number of carbonyl (C=O) groups is 1. The molecule has 7 heteroatoms. The van der Waals surface area contributed by atoms with Crippen LogP contribution in [-0.4, -0.2) is 30.4 Å². The first-order chi connectivity index (χ1) is 9.63. The summed E-state index contributed by atoms with van der Waals surface area (Å²) in [6.07, 6.45) is 2.41. The van der Waals surface area contributed by atoms with Crippen LogP contribution in [0.5, 0.6) is 0 Å². The number of amides is 2. The Balaban J connectivity index is 2.26. The fourth-order valence-corrected chi connectivity index (χ4v) is 2.57. The van der Waals surface area contributed by atoms with Crippen molar-refractivity contribution in [3.63, 3.8) is 0 Å². The number of nitrogens with one attached hydrogen (secondary N) is 2. The van der Waals surface area contributed by atoms with Crippen molar-refractivity contribution in [1.82, 2.24) is 15.3 Å². The summed E-state index contributed by atoms with van der Waals surface area (Å²) in [7, 11) is 5.94. The number of carbonyl (C=O) groups excluding carboxylic acids is 1. The lowest BCUT2D eigenvalue weighted by atomic mass is 9.93. The van der Waals surface area contributed by atoms with Crippen LogP contribution < -0.4 is 16.1 Å². The van der Waals surface area contributed by atoms with E-state index in [4.69, 9.17) is 7.85 Å². The first-order valence-electron chi connectivity index (χ1n) is 6.39. The topological polar surface area (TPSA) is 66.9 Å². The molecule has 0 saturated heterocycles. The molecule has 2 amide bonds. The Morgan fingerprint density at radius 3 is 2.90 bits per heavy atom. The van der Waals surface area contributed by atoms with E-state index in [0.29, 0.717) is 17.8 Å². The Morgan fingerprint density at radius 1 is 1.45 bits per heavy atom. The lowest BCUT2D eigenvalue weighted by Crippen LogP contribution is -2.28. The number of thiazole rings is 1. The van der Waals surface area contributed by atoms with E-state index < -0.39 is 0 Å². The zero-order chi connectivity index (χ0) is 14.5. The SMILES string of the molecule is [B]c1cnc(NC(=O)NCC)cc1-c1nc(CC)cs1. The summed E-state index contributed by atoms with van der Waals surface area (Å²) >= 11 is 1.53. The van der Waals surface area contributed by atoms with Crippen molar-refractivity contribution in [3.8, 4) is 10.6 Å². The molecule has 0 bridgehead atoms. The van der Waals surface area contributed by atoms with Gasteiger partial charge in [0.1, 0.15) is 18.7 Å². The Kier molecular flexibility index (Phi) is 4.73. The molecule has 2 aromatic heterocycles. The van der Waals surface area contributed by atoms with E-state index in [1.807, 2.05) is 12.3 Å². The minimum Gasteiger partial charge on any atom is -0.338 e. The van der Waals surface area contributed by atoms with Crippen LogP contribution >= 0.6 is 11.3 Å². The molecule has 2 radical (unpaired) electrons. The molecule has 0 unspecified atom stereocenters. The number of pyridine rings is 1. The van der Waals surface area contributed by atoms with Crippen LogP contribution in [0, 0.1) is 0 Å². The van der Waals surface area contributed by atoms with Crippen LogP contribution in [0.3, 0.4) is 0 Å². The fraction of sp³-hybridized carbons (Fsp3) is 0.308. The highest BCUT2D eigenvalue weighted by molar-refractivity contribution is 7.13. The maximum absolute atomic E-state index is 11.5. The molecule has 0 aliphatic heterocycles. The summed E-state index contributed by atoms with van der Waals surface area (Å²) in [6.45, 7) is 4.46. The van der Waals surface area contributed by atoms with Crippen molar-refractivity contribution >= 4 is 36.5 Å². The van der Waals surface area contributed by atoms with Gasteiger partial charge in [-0.05, 0) is 19.4 Å². The third kappa shape index (κ3) is 3.36. The quantitative estimate of drug-likeness (QED) is 0.841. The minimum absolute atomic E-state index is 0.288. The van der Waals surface area contributed by atoms with Crippen LogP contribution in [0.25, 0.3) is 10.6 Å². The summed E-state index contributed by atoms with van der Waals surface area (Å²) in [5.74, 6) is 0.452. The van der Waals surface area contributed by atoms with Crippen LogP contribution in [-0.2, 0) is 6.42 Å². The average molecular weight is 286 g/mol. The first-order valence-corrected chi connectivity index (χ1v) is 7.27. The van der Waals surface area contributed by atoms with E-state index in [-0.39, 0.29) is 6.03 Å². The van der Waals surface area contributed by atoms with Gasteiger partial charge in [-0.25, -0.2) is 14.8 Å². The molecule has 2 N–H and O–H groups in total. The molecule has 0 aromatic carbocycles. The van der Waals surface area contributed by atoms with Gasteiger partial charge in [0, 0.05) is 23.7 Å². The third-order valence-electron chi connectivity index (χ3n) is 2.66. The van der Waals surface area contributed by atoms with Crippen molar-refractivity contribution in [2.75, 3.05) is 11.9 Å². The largest absolute Gasteiger partial charge is 0.338 e. The molecule has 2 heterocycles. The van der Waals surface area contributed by atoms with E-state index in [1.54, 1.807) is 6.07 Å². The van der Waals surface area contributed by atoms with Gasteiger partial charge in [0.2, 0.25) is 0 Å². The smallest absolute Gasteiger partial charge is 0.320 e. The monoisotopic (exact) mass is 286 g/mol. The lowest BCUT2D eigenvalue weighted by Gasteiger charge is -2.08. The van der Waals surface area contributed by atoms with E-state index in [9.17, 15) is 4.79 Å². The maximum atomic E-state index is 11.5. The van der Waals surface area contributed by atoms with E-state index >= 15 is 0 Å². The highest BCUT2D eigenvalue weighted by Gasteiger charge is 2.09. The molecule has 5 nitrogen and oxygen atoms in total. The van der Waals surface area contributed by atoms with Crippen molar-refractivity contribution < 1.29 is 4.79 Å². The second kappa shape index (κ2) is 6.52. The standard InChI is InChI=1S/C13H15BN4OS/c1-3-8-7-20-12(17-8)9-5-11(16-6-10(9)14)18-13(19)15-4-2/h5-7H,3-4H2,1-2H3,(H2,15,16,18,19). The zero-order valence-corrected chi connectivity index (χ0v) is 12.3. The van der Waals surface area contributed by atoms with Gasteiger partial charge in [-0.3, -0.25) is 5.32 Å². The number of hydrogen-bond donors (Lipinski definition) is 2. The summed E-state index contributed by atoms with van der Waals surface area (Å²) in [5.41, 5.74) is 2.36. The molecule has 102 valence electrons. The van der Waals surface area contributed by atoms with Crippen LogP contribution in [0.15, 0.2) is 17.6 Å². The van der Waals surface area contributed by atoms with Gasteiger partial charge in [0.25, 0.3) is 0 Å². The van der Waals surface area contributed by atoms with Gasteiger partial charge >= 0.3 is 6.03 Å². The molecular weight excluding hydrogens is 271 g/mol. The number of aromatic nitrogens is 2. The Labute approximate surface area is 123 Å². The molecule has 0 aliphatic carbocycles. The average Bonchev–Trinajstić information content (AvgIpc) is 2.90. The molecule has 0 fully saturated rings. The second-order valence-electron chi connectivity index (χ2n) is 4.14. The van der Waals surface area contributed by atoms with Gasteiger partial charge < -0.3 is 5.32 Å². The number of anilines is 1. The van der Waals surface area contributed by atoms with Crippen LogP contribution in [0.2, 0.25) is 0 Å². The van der Waals surface area contributed by atoms with Crippen LogP contribution in [0.1, 0.15) is 19.5 Å². The van der Waals surface area contributed by atoms with E-state index in [0.717, 1.165) is 22.7 Å². The highest BCUT2D eigenvalue weighted by Crippen LogP contribution is 2.23. The van der Waals surface area contributed by atoms with Gasteiger partial charge in [-0.1, -0.05) is 12.4 Å². The van der Waals surface area contributed by atoms with Crippen molar-refractivity contribution in [2.45, 2.75) is 20.3 Å². The normalized spacial score (nSPS) is 10.3. The maximum Gasteiger partial charge on any atom is 0.320 e. The minimum atomic E-state index is -0.288. The molecule has 2 rings (SSSR count). The zero-order valence-electron chi connectivity index (χ0n) is 11.4. The molecule has 0 atom stereocenters. The third-order valence-corrected chi connectivity index (χ3v) is 3.58. The predicted octanol–water partition coefficient (Wildman–Crippen LogP) is 1.70. The number of aryl methyl sites for hydroxylation is 1. The van der Waals surface area contributed by atoms with Gasteiger partial charge in [-0.2, -0.15) is 0 Å². The van der Waals surface area contributed by atoms with Crippen LogP contribution in [0.4, 0.5) is 10.6 Å². The first kappa shape index (κ1) is 14.5. The molecular formula is C13H15BN4OS. The Morgan fingerprint density at radius 2 is 2.25 bits per heavy atom. The number of nitrogens with zero attached hydrogens (tertiary/aromatic N) is 2. The molecule has 0 aliphatic rings. The molecule has 20 heavy (non-hydrogen) atoms. The number of urea groups is 1. The fourth-order valence-electron chi connectivity index (χ4n) is 1.63. The van der Waals surface area contributed by atoms with Crippen molar-refractivity contribution in [2.24, 2.45) is 0 Å². The lowest BCUT2D eigenvalue weighted by molar-refractivity contribution is 0.252. The Bertz CT molecular complexity index is 614. The highest BCUT2D eigenvalue weighted by atomic mass is 32.1. The number of hydrogen-bond acceptors (Lipinski definition) is 4. The van der Waals surface area contributed by atoms with Crippen molar-refractivity contribution in [3.05, 3.63) is 23.3 Å². The molecule has 0 saturated carbocycles. The van der Waals surface area contributed by atoms with Gasteiger partial charge in [0.15, 0.2) is 0 Å². The summed E-state index contributed by atoms with van der Waals surface area (Å²) in [4.78, 5) is 20.1. The van der Waals surface area contributed by atoms with Gasteiger partial charge in [0.05, 0.1) is 5.69 Å². The summed E-state index contributed by atoms with van der Waals surface area (Å²) < 4.78 is 0.